The molecule has 2 aliphatic rings. The average Bonchev–Trinajstić information content (AvgIpc) is 3.21. The predicted octanol–water partition coefficient (Wildman–Crippen LogP) is 4.21. The Hall–Kier alpha value is -1.40. The van der Waals surface area contributed by atoms with Crippen molar-refractivity contribution in [3.8, 4) is 0 Å². The Morgan fingerprint density at radius 2 is 1.71 bits per heavy atom. The Kier molecular flexibility index (Phi) is 3.33. The van der Waals surface area contributed by atoms with Crippen LogP contribution in [-0.2, 0) is 6.18 Å². The van der Waals surface area contributed by atoms with E-state index in [1.54, 1.807) is 0 Å². The molecule has 0 N–H and O–H groups in total. The molecule has 2 heterocycles. The van der Waals surface area contributed by atoms with Gasteiger partial charge >= 0.3 is 6.18 Å². The molecular formula is C14H15F5N2. The van der Waals surface area contributed by atoms with Gasteiger partial charge in [-0.25, -0.2) is 13.8 Å². The highest BCUT2D eigenvalue weighted by atomic mass is 19.4. The third kappa shape index (κ3) is 3.11. The molecule has 1 saturated carbocycles. The van der Waals surface area contributed by atoms with E-state index in [1.807, 2.05) is 0 Å². The second kappa shape index (κ2) is 4.81. The van der Waals surface area contributed by atoms with Crippen molar-refractivity contribution in [3.05, 3.63) is 23.4 Å². The molecule has 0 atom stereocenters. The van der Waals surface area contributed by atoms with E-state index >= 15 is 0 Å². The Morgan fingerprint density at radius 3 is 2.24 bits per heavy atom. The van der Waals surface area contributed by atoms with E-state index in [0.29, 0.717) is 0 Å². The van der Waals surface area contributed by atoms with Crippen LogP contribution in [0.3, 0.4) is 0 Å². The first kappa shape index (κ1) is 14.5. The fraction of sp³-hybridized carbons (Fsp3) is 0.643. The van der Waals surface area contributed by atoms with Gasteiger partial charge in [0, 0.05) is 25.9 Å². The fourth-order valence-corrected chi connectivity index (χ4v) is 2.65. The Balaban J connectivity index is 1.87. The van der Waals surface area contributed by atoms with Gasteiger partial charge in [-0.05, 0) is 30.4 Å². The zero-order valence-electron chi connectivity index (χ0n) is 11.3. The van der Waals surface area contributed by atoms with Gasteiger partial charge in [-0.1, -0.05) is 6.07 Å². The predicted molar refractivity (Wildman–Crippen MR) is 67.6 cm³/mol. The molecule has 0 aromatic carbocycles. The summed E-state index contributed by atoms with van der Waals surface area (Å²) in [5.74, 6) is -2.65. The van der Waals surface area contributed by atoms with E-state index in [-0.39, 0.29) is 43.2 Å². The maximum Gasteiger partial charge on any atom is 0.433 e. The summed E-state index contributed by atoms with van der Waals surface area (Å²) in [6.45, 7) is 0.0557. The lowest BCUT2D eigenvalue weighted by Gasteiger charge is -2.33. The van der Waals surface area contributed by atoms with Crippen LogP contribution in [0.15, 0.2) is 12.1 Å². The van der Waals surface area contributed by atoms with E-state index < -0.39 is 17.8 Å². The lowest BCUT2D eigenvalue weighted by Crippen LogP contribution is -2.40. The fourth-order valence-electron chi connectivity index (χ4n) is 2.65. The highest BCUT2D eigenvalue weighted by Crippen LogP contribution is 2.45. The maximum absolute atomic E-state index is 13.1. The van der Waals surface area contributed by atoms with Gasteiger partial charge in [0.05, 0.1) is 0 Å². The summed E-state index contributed by atoms with van der Waals surface area (Å²) < 4.78 is 65.5. The molecule has 1 aliphatic carbocycles. The zero-order valence-corrected chi connectivity index (χ0v) is 11.3. The lowest BCUT2D eigenvalue weighted by molar-refractivity contribution is -0.141. The van der Waals surface area contributed by atoms with E-state index in [9.17, 15) is 22.0 Å². The molecule has 1 aliphatic heterocycles. The van der Waals surface area contributed by atoms with E-state index in [2.05, 4.69) is 4.98 Å². The van der Waals surface area contributed by atoms with Crippen molar-refractivity contribution in [2.45, 2.75) is 43.7 Å². The first-order valence-corrected chi connectivity index (χ1v) is 6.97. The molecule has 116 valence electrons. The SMILES string of the molecule is FC1(F)CCN(c2ccc(C3CC3)c(C(F)(F)F)n2)CC1. The van der Waals surface area contributed by atoms with Gasteiger partial charge in [0.15, 0.2) is 0 Å². The summed E-state index contributed by atoms with van der Waals surface area (Å²) >= 11 is 0. The number of aromatic nitrogens is 1. The second-order valence-electron chi connectivity index (χ2n) is 5.72. The highest BCUT2D eigenvalue weighted by Gasteiger charge is 2.41. The molecule has 21 heavy (non-hydrogen) atoms. The van der Waals surface area contributed by atoms with Crippen LogP contribution in [0.5, 0.6) is 0 Å². The molecule has 0 unspecified atom stereocenters. The Bertz CT molecular complexity index is 527. The standard InChI is InChI=1S/C14H15F5N2/c15-13(16)5-7-21(8-6-13)11-4-3-10(9-1-2-9)12(20-11)14(17,18)19/h3-4,9H,1-2,5-8H2. The highest BCUT2D eigenvalue weighted by molar-refractivity contribution is 5.45. The summed E-state index contributed by atoms with van der Waals surface area (Å²) in [6.07, 6.45) is -3.70. The number of hydrogen-bond donors (Lipinski definition) is 0. The molecule has 1 saturated heterocycles. The van der Waals surface area contributed by atoms with Gasteiger partial charge in [-0.15, -0.1) is 0 Å². The van der Waals surface area contributed by atoms with Crippen molar-refractivity contribution in [2.24, 2.45) is 0 Å². The van der Waals surface area contributed by atoms with Crippen molar-refractivity contribution in [1.29, 1.82) is 0 Å². The number of anilines is 1. The van der Waals surface area contributed by atoms with Crippen LogP contribution in [0.4, 0.5) is 27.8 Å². The molecule has 0 amide bonds. The number of pyridine rings is 1. The van der Waals surface area contributed by atoms with Gasteiger partial charge < -0.3 is 4.90 Å². The number of nitrogens with zero attached hydrogens (tertiary/aromatic N) is 2. The van der Waals surface area contributed by atoms with E-state index in [4.69, 9.17) is 0 Å². The van der Waals surface area contributed by atoms with Crippen LogP contribution in [0.25, 0.3) is 0 Å². The number of halogens is 5. The Labute approximate surface area is 119 Å². The van der Waals surface area contributed by atoms with Crippen molar-refractivity contribution in [3.63, 3.8) is 0 Å². The molecule has 2 fully saturated rings. The first-order chi connectivity index (χ1) is 9.76. The quantitative estimate of drug-likeness (QED) is 0.761. The third-order valence-corrected chi connectivity index (χ3v) is 4.02. The molecular weight excluding hydrogens is 291 g/mol. The zero-order chi connectivity index (χ0) is 15.3. The normalized spacial score (nSPS) is 22.4. The smallest absolute Gasteiger partial charge is 0.356 e. The van der Waals surface area contributed by atoms with Crippen LogP contribution in [0, 0.1) is 0 Å². The number of alkyl halides is 5. The van der Waals surface area contributed by atoms with Crippen LogP contribution in [-0.4, -0.2) is 24.0 Å². The van der Waals surface area contributed by atoms with Gasteiger partial charge in [0.1, 0.15) is 11.5 Å². The molecule has 1 aromatic heterocycles. The van der Waals surface area contributed by atoms with Gasteiger partial charge in [-0.2, -0.15) is 13.2 Å². The minimum atomic E-state index is -4.51. The molecule has 3 rings (SSSR count). The van der Waals surface area contributed by atoms with Crippen LogP contribution in [0.2, 0.25) is 0 Å². The van der Waals surface area contributed by atoms with Gasteiger partial charge in [-0.3, -0.25) is 0 Å². The summed E-state index contributed by atoms with van der Waals surface area (Å²) in [5.41, 5.74) is -0.631. The first-order valence-electron chi connectivity index (χ1n) is 6.97. The van der Waals surface area contributed by atoms with Crippen molar-refractivity contribution >= 4 is 5.82 Å². The lowest BCUT2D eigenvalue weighted by atomic mass is 10.1. The summed E-state index contributed by atoms with van der Waals surface area (Å²) in [7, 11) is 0. The van der Waals surface area contributed by atoms with E-state index in [0.717, 1.165) is 12.8 Å². The molecule has 1 aromatic rings. The van der Waals surface area contributed by atoms with Gasteiger partial charge in [0.25, 0.3) is 5.92 Å². The second-order valence-corrected chi connectivity index (χ2v) is 5.72. The maximum atomic E-state index is 13.1. The summed E-state index contributed by atoms with van der Waals surface area (Å²) in [4.78, 5) is 5.24. The van der Waals surface area contributed by atoms with Crippen molar-refractivity contribution in [2.75, 3.05) is 18.0 Å². The van der Waals surface area contributed by atoms with Crippen molar-refractivity contribution in [1.82, 2.24) is 4.98 Å². The van der Waals surface area contributed by atoms with Crippen LogP contribution < -0.4 is 4.90 Å². The molecule has 7 heteroatoms. The third-order valence-electron chi connectivity index (χ3n) is 4.02. The summed E-state index contributed by atoms with van der Waals surface area (Å²) in [6, 6.07) is 2.97. The van der Waals surface area contributed by atoms with E-state index in [1.165, 1.54) is 17.0 Å². The number of rotatable bonds is 2. The molecule has 0 spiro atoms. The summed E-state index contributed by atoms with van der Waals surface area (Å²) in [5, 5.41) is 0. The molecule has 0 radical (unpaired) electrons. The largest absolute Gasteiger partial charge is 0.433 e. The van der Waals surface area contributed by atoms with Crippen molar-refractivity contribution < 1.29 is 22.0 Å². The molecule has 0 bridgehead atoms. The minimum absolute atomic E-state index is 0.0278. The average molecular weight is 306 g/mol. The molecule has 2 nitrogen and oxygen atoms in total. The van der Waals surface area contributed by atoms with Crippen LogP contribution in [0.1, 0.15) is 42.9 Å². The number of piperidine rings is 1. The minimum Gasteiger partial charge on any atom is -0.356 e. The Morgan fingerprint density at radius 1 is 1.10 bits per heavy atom. The van der Waals surface area contributed by atoms with Gasteiger partial charge in [0.2, 0.25) is 0 Å². The van der Waals surface area contributed by atoms with Crippen LogP contribution >= 0.6 is 0 Å². The topological polar surface area (TPSA) is 16.1 Å². The monoisotopic (exact) mass is 306 g/mol. The number of hydrogen-bond acceptors (Lipinski definition) is 2.